The second kappa shape index (κ2) is 5.14. The molecule has 0 spiro atoms. The first-order valence-electron chi connectivity index (χ1n) is 5.27. The van der Waals surface area contributed by atoms with Crippen LogP contribution in [0.25, 0.3) is 0 Å². The van der Waals surface area contributed by atoms with Crippen molar-refractivity contribution in [3.05, 3.63) is 25.6 Å². The van der Waals surface area contributed by atoms with Gasteiger partial charge in [0.2, 0.25) is 0 Å². The molecule has 0 N–H and O–H groups in total. The van der Waals surface area contributed by atoms with Crippen molar-refractivity contribution >= 4 is 63.7 Å². The van der Waals surface area contributed by atoms with Gasteiger partial charge in [-0.15, -0.1) is 0 Å². The number of halogens is 4. The van der Waals surface area contributed by atoms with E-state index in [1.54, 1.807) is 0 Å². The van der Waals surface area contributed by atoms with Crippen LogP contribution in [0.2, 0.25) is 0 Å². The van der Waals surface area contributed by atoms with E-state index in [-0.39, 0.29) is 11.5 Å². The Morgan fingerprint density at radius 3 is 2.12 bits per heavy atom. The highest BCUT2D eigenvalue weighted by Gasteiger charge is 2.48. The lowest BCUT2D eigenvalue weighted by atomic mass is 9.69. The van der Waals surface area contributed by atoms with Crippen LogP contribution in [-0.4, -0.2) is 10.9 Å². The summed E-state index contributed by atoms with van der Waals surface area (Å²) in [4.78, 5) is 0.535. The Labute approximate surface area is 135 Å². The van der Waals surface area contributed by atoms with E-state index >= 15 is 0 Å². The first kappa shape index (κ1) is 14.4. The van der Waals surface area contributed by atoms with Gasteiger partial charge in [-0.1, -0.05) is 45.7 Å². The van der Waals surface area contributed by atoms with Gasteiger partial charge in [0.25, 0.3) is 0 Å². The first-order chi connectivity index (χ1) is 7.82. The van der Waals surface area contributed by atoms with Crippen LogP contribution in [0.5, 0.6) is 5.75 Å². The topological polar surface area (TPSA) is 9.23 Å². The number of benzene rings is 1. The normalized spacial score (nSPS) is 26.5. The molecule has 2 unspecified atom stereocenters. The van der Waals surface area contributed by atoms with E-state index in [4.69, 9.17) is 4.74 Å². The van der Waals surface area contributed by atoms with Gasteiger partial charge in [-0.3, -0.25) is 0 Å². The Kier molecular flexibility index (Phi) is 4.34. The summed E-state index contributed by atoms with van der Waals surface area (Å²) in [6.45, 7) is 4.45. The van der Waals surface area contributed by atoms with Crippen molar-refractivity contribution in [2.45, 2.75) is 31.2 Å². The minimum atomic E-state index is 0.173. The zero-order valence-electron chi connectivity index (χ0n) is 9.44. The molecule has 0 radical (unpaired) electrons. The fourth-order valence-electron chi connectivity index (χ4n) is 1.82. The Morgan fingerprint density at radius 1 is 1.18 bits per heavy atom. The minimum Gasteiger partial charge on any atom is -0.487 e. The van der Waals surface area contributed by atoms with Crippen molar-refractivity contribution in [2.24, 2.45) is 5.41 Å². The molecule has 1 saturated carbocycles. The number of alkyl halides is 1. The Balaban J connectivity index is 2.21. The molecule has 0 aliphatic heterocycles. The van der Waals surface area contributed by atoms with Crippen LogP contribution in [0, 0.1) is 5.41 Å². The number of hydrogen-bond acceptors (Lipinski definition) is 1. The van der Waals surface area contributed by atoms with Crippen molar-refractivity contribution in [3.8, 4) is 5.75 Å². The maximum absolute atomic E-state index is 6.11. The Bertz CT molecular complexity index is 421. The third kappa shape index (κ3) is 2.77. The summed E-state index contributed by atoms with van der Waals surface area (Å²) in [7, 11) is 0. The highest BCUT2D eigenvalue weighted by molar-refractivity contribution is 9.11. The number of rotatable bonds is 2. The summed E-state index contributed by atoms with van der Waals surface area (Å²) < 4.78 is 9.06. The van der Waals surface area contributed by atoms with E-state index in [2.05, 4.69) is 77.6 Å². The van der Waals surface area contributed by atoms with Gasteiger partial charge in [-0.2, -0.15) is 0 Å². The molecule has 1 aliphatic rings. The first-order valence-corrected chi connectivity index (χ1v) is 8.57. The van der Waals surface area contributed by atoms with Crippen LogP contribution in [0.15, 0.2) is 25.6 Å². The van der Waals surface area contributed by atoms with E-state index in [1.165, 1.54) is 0 Å². The van der Waals surface area contributed by atoms with Crippen molar-refractivity contribution in [1.82, 2.24) is 0 Å². The van der Waals surface area contributed by atoms with E-state index in [1.807, 2.05) is 12.1 Å². The Morgan fingerprint density at radius 2 is 1.71 bits per heavy atom. The van der Waals surface area contributed by atoms with Crippen LogP contribution in [-0.2, 0) is 0 Å². The largest absolute Gasteiger partial charge is 0.487 e. The molecule has 17 heavy (non-hydrogen) atoms. The molecule has 94 valence electrons. The quantitative estimate of drug-likeness (QED) is 0.467. The summed E-state index contributed by atoms with van der Waals surface area (Å²) in [5.74, 6) is 0.880. The van der Waals surface area contributed by atoms with Gasteiger partial charge in [0, 0.05) is 14.7 Å². The van der Waals surface area contributed by atoms with E-state index in [0.29, 0.717) is 4.83 Å². The lowest BCUT2D eigenvalue weighted by Crippen LogP contribution is -2.53. The molecule has 1 nitrogen and oxygen atoms in total. The lowest BCUT2D eigenvalue weighted by molar-refractivity contribution is -0.00880. The van der Waals surface area contributed by atoms with Crippen LogP contribution >= 0.6 is 63.7 Å². The smallest absolute Gasteiger partial charge is 0.148 e. The molecular formula is C12H12Br4O. The predicted molar refractivity (Wildman–Crippen MR) is 85.1 cm³/mol. The number of hydrogen-bond donors (Lipinski definition) is 0. The van der Waals surface area contributed by atoms with Gasteiger partial charge in [-0.05, 0) is 50.4 Å². The second-order valence-corrected chi connectivity index (χ2v) is 8.56. The highest BCUT2D eigenvalue weighted by atomic mass is 79.9. The van der Waals surface area contributed by atoms with Crippen LogP contribution in [0.3, 0.4) is 0 Å². The fraction of sp³-hybridized carbons (Fsp3) is 0.500. The van der Waals surface area contributed by atoms with Crippen molar-refractivity contribution < 1.29 is 4.74 Å². The summed E-state index contributed by atoms with van der Waals surface area (Å²) in [6.07, 6.45) is 1.29. The van der Waals surface area contributed by atoms with Crippen LogP contribution in [0.4, 0.5) is 0 Å². The molecule has 0 bridgehead atoms. The molecule has 1 aromatic carbocycles. The van der Waals surface area contributed by atoms with E-state index in [0.717, 1.165) is 25.6 Å². The van der Waals surface area contributed by atoms with Crippen LogP contribution in [0.1, 0.15) is 20.3 Å². The third-order valence-corrected chi connectivity index (χ3v) is 6.47. The molecule has 0 saturated heterocycles. The summed E-state index contributed by atoms with van der Waals surface area (Å²) in [6, 6.07) is 3.99. The van der Waals surface area contributed by atoms with Gasteiger partial charge in [-0.25, -0.2) is 0 Å². The van der Waals surface area contributed by atoms with Crippen LogP contribution < -0.4 is 4.74 Å². The Hall–Kier alpha value is 0.940. The van der Waals surface area contributed by atoms with Crippen molar-refractivity contribution in [3.63, 3.8) is 0 Å². The zero-order chi connectivity index (χ0) is 12.8. The SMILES string of the molecule is CC1(C)C(Br)CC1Oc1c(Br)cc(Br)cc1Br. The second-order valence-electron chi connectivity index (χ2n) is 4.83. The average Bonchev–Trinajstić information content (AvgIpc) is 2.21. The molecule has 0 amide bonds. The molecular weight excluding hydrogens is 480 g/mol. The summed E-state index contributed by atoms with van der Waals surface area (Å²) in [5, 5.41) is 0. The van der Waals surface area contributed by atoms with E-state index in [9.17, 15) is 0 Å². The molecule has 1 aliphatic carbocycles. The fourth-order valence-corrected chi connectivity index (χ4v) is 4.90. The van der Waals surface area contributed by atoms with Gasteiger partial charge in [0.05, 0.1) is 8.95 Å². The maximum Gasteiger partial charge on any atom is 0.148 e. The van der Waals surface area contributed by atoms with Gasteiger partial charge < -0.3 is 4.74 Å². The zero-order valence-corrected chi connectivity index (χ0v) is 15.8. The number of ether oxygens (including phenoxy) is 1. The molecule has 2 rings (SSSR count). The highest BCUT2D eigenvalue weighted by Crippen LogP contribution is 2.49. The standard InChI is InChI=1S/C12H12Br4O/c1-12(2)9(16)5-10(12)17-11-7(14)3-6(13)4-8(11)15/h3-4,9-10H,5H2,1-2H3. The molecule has 0 heterocycles. The summed E-state index contributed by atoms with van der Waals surface area (Å²) in [5.41, 5.74) is 0.173. The van der Waals surface area contributed by atoms with Crippen molar-refractivity contribution in [2.75, 3.05) is 0 Å². The molecule has 2 atom stereocenters. The molecule has 5 heteroatoms. The molecule has 1 fully saturated rings. The lowest BCUT2D eigenvalue weighted by Gasteiger charge is -2.48. The van der Waals surface area contributed by atoms with Gasteiger partial charge in [0.1, 0.15) is 11.9 Å². The van der Waals surface area contributed by atoms with Gasteiger partial charge in [0.15, 0.2) is 0 Å². The van der Waals surface area contributed by atoms with E-state index < -0.39 is 0 Å². The van der Waals surface area contributed by atoms with Crippen molar-refractivity contribution in [1.29, 1.82) is 0 Å². The molecule has 1 aromatic rings. The third-order valence-electron chi connectivity index (χ3n) is 3.28. The maximum atomic E-state index is 6.11. The van der Waals surface area contributed by atoms with Gasteiger partial charge >= 0.3 is 0 Å². The predicted octanol–water partition coefficient (Wildman–Crippen LogP) is 5.91. The monoisotopic (exact) mass is 488 g/mol. The summed E-state index contributed by atoms with van der Waals surface area (Å²) >= 11 is 14.2. The minimum absolute atomic E-state index is 0.173. The average molecular weight is 492 g/mol. The molecule has 0 aromatic heterocycles.